The van der Waals surface area contributed by atoms with E-state index in [0.717, 1.165) is 0 Å². The fourth-order valence-corrected chi connectivity index (χ4v) is 3.34. The molecule has 2 N–H and O–H groups in total. The van der Waals surface area contributed by atoms with Crippen LogP contribution in [0.3, 0.4) is 0 Å². The van der Waals surface area contributed by atoms with Crippen molar-refractivity contribution in [3.05, 3.63) is 28.2 Å². The molecule has 8 heteroatoms. The van der Waals surface area contributed by atoms with Gasteiger partial charge in [0.1, 0.15) is 4.90 Å². The van der Waals surface area contributed by atoms with E-state index in [2.05, 4.69) is 0 Å². The summed E-state index contributed by atoms with van der Waals surface area (Å²) in [5.74, 6) is 0. The Morgan fingerprint density at radius 1 is 1.39 bits per heavy atom. The number of rotatable bonds is 4. The third-order valence-electron chi connectivity index (χ3n) is 2.51. The summed E-state index contributed by atoms with van der Waals surface area (Å²) < 4.78 is 25.6. The van der Waals surface area contributed by atoms with Gasteiger partial charge >= 0.3 is 0 Å². The number of nitrogens with zero attached hydrogens (tertiary/aromatic N) is 1. The summed E-state index contributed by atoms with van der Waals surface area (Å²) in [5, 5.41) is 0.497. The monoisotopic (exact) mass is 332 g/mol. The van der Waals surface area contributed by atoms with E-state index in [9.17, 15) is 8.42 Å². The summed E-state index contributed by atoms with van der Waals surface area (Å²) in [6.45, 7) is 1.96. The molecule has 1 rings (SSSR count). The Hall–Kier alpha value is -0.0400. The minimum atomic E-state index is -3.64. The first-order chi connectivity index (χ1) is 7.80. The van der Waals surface area contributed by atoms with Crippen molar-refractivity contribution < 1.29 is 8.42 Å². The molecule has 4 nitrogen and oxygen atoms in total. The SMILES string of the molecule is CC(CN)N(C)S(=O)(=O)c1ccc(Cl)cc1Cl.Cl. The minimum Gasteiger partial charge on any atom is -0.329 e. The summed E-state index contributed by atoms with van der Waals surface area (Å²) in [6, 6.07) is 3.98. The van der Waals surface area contributed by atoms with Crippen LogP contribution >= 0.6 is 35.6 Å². The highest BCUT2D eigenvalue weighted by Gasteiger charge is 2.26. The largest absolute Gasteiger partial charge is 0.329 e. The van der Waals surface area contributed by atoms with Crippen LogP contribution in [0.25, 0.3) is 0 Å². The van der Waals surface area contributed by atoms with Crippen LogP contribution < -0.4 is 5.73 Å². The van der Waals surface area contributed by atoms with Crippen molar-refractivity contribution in [2.45, 2.75) is 17.9 Å². The Kier molecular flexibility index (Phi) is 6.92. The molecule has 0 fully saturated rings. The molecule has 1 aromatic rings. The van der Waals surface area contributed by atoms with E-state index in [-0.39, 0.29) is 34.9 Å². The van der Waals surface area contributed by atoms with Crippen molar-refractivity contribution in [1.29, 1.82) is 0 Å². The van der Waals surface area contributed by atoms with Crippen LogP contribution in [0.5, 0.6) is 0 Å². The second kappa shape index (κ2) is 6.93. The first-order valence-electron chi connectivity index (χ1n) is 4.94. The van der Waals surface area contributed by atoms with Gasteiger partial charge in [0.2, 0.25) is 10.0 Å². The Labute approximate surface area is 124 Å². The van der Waals surface area contributed by atoms with Gasteiger partial charge in [-0.25, -0.2) is 8.42 Å². The van der Waals surface area contributed by atoms with Gasteiger partial charge < -0.3 is 5.73 Å². The first-order valence-corrected chi connectivity index (χ1v) is 7.13. The van der Waals surface area contributed by atoms with Crippen LogP contribution in [0.15, 0.2) is 23.1 Å². The Balaban J connectivity index is 0.00000289. The third-order valence-corrected chi connectivity index (χ3v) is 5.20. The van der Waals surface area contributed by atoms with Gasteiger partial charge in [0.15, 0.2) is 0 Å². The highest BCUT2D eigenvalue weighted by atomic mass is 35.5. The maximum Gasteiger partial charge on any atom is 0.244 e. The van der Waals surface area contributed by atoms with Gasteiger partial charge in [-0.3, -0.25) is 0 Å². The van der Waals surface area contributed by atoms with Gasteiger partial charge in [-0.1, -0.05) is 23.2 Å². The lowest BCUT2D eigenvalue weighted by atomic mass is 10.4. The maximum atomic E-state index is 12.2. The van der Waals surface area contributed by atoms with Crippen LogP contribution in [-0.4, -0.2) is 32.4 Å². The zero-order chi connectivity index (χ0) is 13.2. The fraction of sp³-hybridized carbons (Fsp3) is 0.400. The number of benzene rings is 1. The zero-order valence-corrected chi connectivity index (χ0v) is 13.1. The maximum absolute atomic E-state index is 12.2. The predicted molar refractivity (Wildman–Crippen MR) is 77.2 cm³/mol. The number of hydrogen-bond acceptors (Lipinski definition) is 3. The lowest BCUT2D eigenvalue weighted by Gasteiger charge is -2.23. The van der Waals surface area contributed by atoms with Gasteiger partial charge in [-0.15, -0.1) is 12.4 Å². The van der Waals surface area contributed by atoms with E-state index >= 15 is 0 Å². The van der Waals surface area contributed by atoms with Gasteiger partial charge in [0, 0.05) is 24.7 Å². The van der Waals surface area contributed by atoms with Crippen LogP contribution in [0.1, 0.15) is 6.92 Å². The van der Waals surface area contributed by atoms with E-state index in [1.807, 2.05) is 0 Å². The van der Waals surface area contributed by atoms with Crippen molar-refractivity contribution in [1.82, 2.24) is 4.31 Å². The van der Waals surface area contributed by atoms with Gasteiger partial charge in [-0.05, 0) is 25.1 Å². The quantitative estimate of drug-likeness (QED) is 0.920. The molecule has 18 heavy (non-hydrogen) atoms. The Bertz CT molecular complexity index is 508. The topological polar surface area (TPSA) is 63.4 Å². The summed E-state index contributed by atoms with van der Waals surface area (Å²) >= 11 is 11.6. The summed E-state index contributed by atoms with van der Waals surface area (Å²) in [4.78, 5) is 0.0337. The molecule has 104 valence electrons. The molecule has 0 aromatic heterocycles. The summed E-state index contributed by atoms with van der Waals surface area (Å²) in [7, 11) is -2.16. The fourth-order valence-electron chi connectivity index (χ4n) is 1.22. The second-order valence-electron chi connectivity index (χ2n) is 3.68. The van der Waals surface area contributed by atoms with Crippen molar-refractivity contribution in [3.63, 3.8) is 0 Å². The van der Waals surface area contributed by atoms with Crippen molar-refractivity contribution in [2.24, 2.45) is 5.73 Å². The smallest absolute Gasteiger partial charge is 0.244 e. The molecule has 0 radical (unpaired) electrons. The molecule has 0 aliphatic heterocycles. The minimum absolute atomic E-state index is 0. The number of halogens is 3. The number of likely N-dealkylation sites (N-methyl/N-ethyl adjacent to an activating group) is 1. The first kappa shape index (κ1) is 18.0. The molecule has 0 amide bonds. The predicted octanol–water partition coefficient (Wildman–Crippen LogP) is 2.38. The average molecular weight is 334 g/mol. The van der Waals surface area contributed by atoms with Crippen LogP contribution in [0.4, 0.5) is 0 Å². The van der Waals surface area contributed by atoms with Crippen molar-refractivity contribution in [2.75, 3.05) is 13.6 Å². The van der Waals surface area contributed by atoms with Crippen LogP contribution in [0, 0.1) is 0 Å². The lowest BCUT2D eigenvalue weighted by Crippen LogP contribution is -2.39. The molecule has 1 aromatic carbocycles. The molecular weight excluding hydrogens is 319 g/mol. The standard InChI is InChI=1S/C10H14Cl2N2O2S.ClH/c1-7(6-13)14(2)17(15,16)10-4-3-8(11)5-9(10)12;/h3-5,7H,6,13H2,1-2H3;1H. The van der Waals surface area contributed by atoms with E-state index < -0.39 is 10.0 Å². The van der Waals surface area contributed by atoms with E-state index in [4.69, 9.17) is 28.9 Å². The molecule has 0 spiro atoms. The normalized spacial score (nSPS) is 13.2. The van der Waals surface area contributed by atoms with Gasteiger partial charge in [0.25, 0.3) is 0 Å². The number of sulfonamides is 1. The Morgan fingerprint density at radius 2 is 1.94 bits per heavy atom. The molecule has 1 atom stereocenters. The summed E-state index contributed by atoms with van der Waals surface area (Å²) in [6.07, 6.45) is 0. The lowest BCUT2D eigenvalue weighted by molar-refractivity contribution is 0.394. The molecule has 0 saturated heterocycles. The number of nitrogens with two attached hydrogens (primary N) is 1. The summed E-state index contributed by atoms with van der Waals surface area (Å²) in [5.41, 5.74) is 5.45. The van der Waals surface area contributed by atoms with Gasteiger partial charge in [0.05, 0.1) is 5.02 Å². The van der Waals surface area contributed by atoms with Crippen LogP contribution in [0.2, 0.25) is 10.0 Å². The molecule has 0 saturated carbocycles. The average Bonchev–Trinajstić information content (AvgIpc) is 2.26. The highest BCUT2D eigenvalue weighted by molar-refractivity contribution is 7.89. The highest BCUT2D eigenvalue weighted by Crippen LogP contribution is 2.27. The molecule has 0 bridgehead atoms. The third kappa shape index (κ3) is 3.73. The van der Waals surface area contributed by atoms with Crippen molar-refractivity contribution in [3.8, 4) is 0 Å². The molecule has 0 aliphatic rings. The van der Waals surface area contributed by atoms with E-state index in [1.54, 1.807) is 6.92 Å². The van der Waals surface area contributed by atoms with Gasteiger partial charge in [-0.2, -0.15) is 4.31 Å². The van der Waals surface area contributed by atoms with Crippen LogP contribution in [-0.2, 0) is 10.0 Å². The molecule has 1 unspecified atom stereocenters. The second-order valence-corrected chi connectivity index (χ2v) is 6.49. The zero-order valence-electron chi connectivity index (χ0n) is 9.93. The van der Waals surface area contributed by atoms with E-state index in [0.29, 0.717) is 5.02 Å². The molecule has 0 aliphatic carbocycles. The van der Waals surface area contributed by atoms with E-state index in [1.165, 1.54) is 29.6 Å². The molecule has 0 heterocycles. The Morgan fingerprint density at radius 3 is 2.39 bits per heavy atom. The number of hydrogen-bond donors (Lipinski definition) is 1. The van der Waals surface area contributed by atoms with Crippen molar-refractivity contribution >= 4 is 45.6 Å². The molecular formula is C10H15Cl3N2O2S.